The summed E-state index contributed by atoms with van der Waals surface area (Å²) >= 11 is 0. The maximum Gasteiger partial charge on any atom is 0.264 e. The van der Waals surface area contributed by atoms with Crippen molar-refractivity contribution in [3.63, 3.8) is 0 Å². The zero-order chi connectivity index (χ0) is 20.3. The van der Waals surface area contributed by atoms with Crippen LogP contribution in [0.2, 0.25) is 0 Å². The van der Waals surface area contributed by atoms with Gasteiger partial charge in [0.15, 0.2) is 0 Å². The van der Waals surface area contributed by atoms with Gasteiger partial charge in [0, 0.05) is 17.5 Å². The second-order valence-electron chi connectivity index (χ2n) is 7.07. The molecule has 1 aromatic heterocycles. The molecule has 3 aromatic rings. The predicted molar refractivity (Wildman–Crippen MR) is 108 cm³/mol. The first-order valence-electron chi connectivity index (χ1n) is 8.98. The summed E-state index contributed by atoms with van der Waals surface area (Å²) in [6, 6.07) is 14.5. The third-order valence-corrected chi connectivity index (χ3v) is 4.70. The van der Waals surface area contributed by atoms with E-state index in [0.717, 1.165) is 17.2 Å². The van der Waals surface area contributed by atoms with Crippen LogP contribution in [0.15, 0.2) is 52.9 Å². The number of benzene rings is 2. The van der Waals surface area contributed by atoms with Crippen molar-refractivity contribution in [2.45, 2.75) is 20.5 Å². The van der Waals surface area contributed by atoms with Crippen molar-refractivity contribution in [2.24, 2.45) is 5.92 Å². The van der Waals surface area contributed by atoms with E-state index in [1.54, 1.807) is 24.3 Å². The van der Waals surface area contributed by atoms with Crippen LogP contribution in [0.4, 0.5) is 0 Å². The molecule has 0 atom stereocenters. The Morgan fingerprint density at radius 1 is 1.11 bits per heavy atom. The van der Waals surface area contributed by atoms with E-state index < -0.39 is 10.1 Å². The number of para-hydroxylation sites is 1. The third kappa shape index (κ3) is 4.79. The minimum Gasteiger partial charge on any atom is -0.455 e. The van der Waals surface area contributed by atoms with Crippen LogP contribution in [-0.4, -0.2) is 27.1 Å². The highest BCUT2D eigenvalue weighted by molar-refractivity contribution is 7.85. The summed E-state index contributed by atoms with van der Waals surface area (Å²) in [5.41, 5.74) is 2.57. The standard InChI is InChI=1S/C21H23NO5S/c1-14(2)12-22-21(23)19-17-6-4-5-7-18(17)27-20(19)16-10-8-15(9-11-16)13-26-28(3,24)25/h4-11,14H,12-13H2,1-3H3,(H,22,23). The highest BCUT2D eigenvalue weighted by Gasteiger charge is 2.22. The van der Waals surface area contributed by atoms with E-state index in [1.165, 1.54) is 0 Å². The molecule has 3 rings (SSSR count). The first-order valence-corrected chi connectivity index (χ1v) is 10.8. The van der Waals surface area contributed by atoms with Crippen LogP contribution < -0.4 is 5.32 Å². The summed E-state index contributed by atoms with van der Waals surface area (Å²) in [6.45, 7) is 4.60. The van der Waals surface area contributed by atoms with Gasteiger partial charge in [-0.25, -0.2) is 0 Å². The van der Waals surface area contributed by atoms with E-state index in [-0.39, 0.29) is 12.5 Å². The number of nitrogens with one attached hydrogen (secondary N) is 1. The van der Waals surface area contributed by atoms with Gasteiger partial charge in [-0.15, -0.1) is 0 Å². The number of fused-ring (bicyclic) bond motifs is 1. The van der Waals surface area contributed by atoms with E-state index in [2.05, 4.69) is 5.32 Å². The van der Waals surface area contributed by atoms with Gasteiger partial charge in [-0.1, -0.05) is 56.3 Å². The number of furan rings is 1. The van der Waals surface area contributed by atoms with Gasteiger partial charge in [-0.2, -0.15) is 8.42 Å². The Morgan fingerprint density at radius 2 is 1.79 bits per heavy atom. The highest BCUT2D eigenvalue weighted by atomic mass is 32.2. The lowest BCUT2D eigenvalue weighted by atomic mass is 10.0. The number of carbonyl (C=O) groups is 1. The van der Waals surface area contributed by atoms with Gasteiger partial charge in [0.1, 0.15) is 11.3 Å². The van der Waals surface area contributed by atoms with Crippen molar-refractivity contribution in [1.29, 1.82) is 0 Å². The van der Waals surface area contributed by atoms with E-state index >= 15 is 0 Å². The Hall–Kier alpha value is -2.64. The first-order chi connectivity index (χ1) is 13.2. The van der Waals surface area contributed by atoms with Crippen molar-refractivity contribution in [2.75, 3.05) is 12.8 Å². The SMILES string of the molecule is CC(C)CNC(=O)c1c(-c2ccc(COS(C)(=O)=O)cc2)oc2ccccc12. The average Bonchev–Trinajstić information content (AvgIpc) is 3.04. The van der Waals surface area contributed by atoms with Crippen molar-refractivity contribution < 1.29 is 21.8 Å². The molecule has 148 valence electrons. The molecule has 7 heteroatoms. The fourth-order valence-corrected chi connectivity index (χ4v) is 3.14. The Bertz CT molecular complexity index is 1080. The maximum absolute atomic E-state index is 12.8. The van der Waals surface area contributed by atoms with Gasteiger partial charge in [-0.05, 0) is 17.5 Å². The van der Waals surface area contributed by atoms with Gasteiger partial charge in [0.2, 0.25) is 0 Å². The van der Waals surface area contributed by atoms with Crippen LogP contribution in [0, 0.1) is 5.92 Å². The summed E-state index contributed by atoms with van der Waals surface area (Å²) in [5.74, 6) is 0.635. The molecule has 0 fully saturated rings. The van der Waals surface area contributed by atoms with Crippen LogP contribution >= 0.6 is 0 Å². The molecule has 0 aliphatic heterocycles. The Morgan fingerprint density at radius 3 is 2.43 bits per heavy atom. The second-order valence-corrected chi connectivity index (χ2v) is 8.71. The molecule has 6 nitrogen and oxygen atoms in total. The second kappa shape index (κ2) is 8.16. The molecule has 28 heavy (non-hydrogen) atoms. The largest absolute Gasteiger partial charge is 0.455 e. The van der Waals surface area contributed by atoms with E-state index in [1.807, 2.05) is 38.1 Å². The molecule has 1 N–H and O–H groups in total. The number of hydrogen-bond donors (Lipinski definition) is 1. The smallest absolute Gasteiger partial charge is 0.264 e. The Labute approximate surface area is 164 Å². The number of rotatable bonds is 7. The van der Waals surface area contributed by atoms with Crippen LogP contribution in [0.1, 0.15) is 29.8 Å². The number of carbonyl (C=O) groups excluding carboxylic acids is 1. The fourth-order valence-electron chi connectivity index (χ4n) is 2.79. The Kier molecular flexibility index (Phi) is 5.86. The summed E-state index contributed by atoms with van der Waals surface area (Å²) in [6.07, 6.45) is 1.01. The lowest BCUT2D eigenvalue weighted by Crippen LogP contribution is -2.27. The molecule has 0 radical (unpaired) electrons. The molecule has 2 aromatic carbocycles. The van der Waals surface area contributed by atoms with E-state index in [0.29, 0.717) is 34.9 Å². The summed E-state index contributed by atoms with van der Waals surface area (Å²) < 4.78 is 33.1. The van der Waals surface area contributed by atoms with Gasteiger partial charge in [0.05, 0.1) is 18.4 Å². The normalized spacial score (nSPS) is 11.9. The molecular formula is C21H23NO5S. The molecule has 1 amide bonds. The molecule has 0 unspecified atom stereocenters. The first kappa shape index (κ1) is 20.1. The molecule has 0 saturated heterocycles. The number of amides is 1. The van der Waals surface area contributed by atoms with Gasteiger partial charge in [0.25, 0.3) is 16.0 Å². The minimum atomic E-state index is -3.50. The summed E-state index contributed by atoms with van der Waals surface area (Å²) in [4.78, 5) is 12.8. The van der Waals surface area contributed by atoms with Crippen molar-refractivity contribution in [3.05, 3.63) is 59.7 Å². The highest BCUT2D eigenvalue weighted by Crippen LogP contribution is 2.33. The Balaban J connectivity index is 1.96. The van der Waals surface area contributed by atoms with Crippen LogP contribution in [0.5, 0.6) is 0 Å². The van der Waals surface area contributed by atoms with Crippen molar-refractivity contribution in [1.82, 2.24) is 5.32 Å². The van der Waals surface area contributed by atoms with Gasteiger partial charge in [-0.3, -0.25) is 8.98 Å². The van der Waals surface area contributed by atoms with Crippen molar-refractivity contribution >= 4 is 27.0 Å². The molecule has 0 aliphatic carbocycles. The fraction of sp³-hybridized carbons (Fsp3) is 0.286. The molecular weight excluding hydrogens is 378 g/mol. The average molecular weight is 401 g/mol. The van der Waals surface area contributed by atoms with Gasteiger partial charge >= 0.3 is 0 Å². The zero-order valence-electron chi connectivity index (χ0n) is 16.1. The van der Waals surface area contributed by atoms with Crippen LogP contribution in [-0.2, 0) is 20.9 Å². The van der Waals surface area contributed by atoms with E-state index in [9.17, 15) is 13.2 Å². The lowest BCUT2D eigenvalue weighted by Gasteiger charge is -2.09. The maximum atomic E-state index is 12.8. The van der Waals surface area contributed by atoms with Crippen LogP contribution in [0.25, 0.3) is 22.3 Å². The monoisotopic (exact) mass is 401 g/mol. The van der Waals surface area contributed by atoms with Crippen LogP contribution in [0.3, 0.4) is 0 Å². The third-order valence-electron chi connectivity index (χ3n) is 4.15. The quantitative estimate of drug-likeness (QED) is 0.606. The molecule has 0 aliphatic rings. The lowest BCUT2D eigenvalue weighted by molar-refractivity contribution is 0.0950. The zero-order valence-corrected chi connectivity index (χ0v) is 16.9. The number of hydrogen-bond acceptors (Lipinski definition) is 5. The molecule has 0 saturated carbocycles. The summed E-state index contributed by atoms with van der Waals surface area (Å²) in [7, 11) is -3.50. The topological polar surface area (TPSA) is 85.6 Å². The predicted octanol–water partition coefficient (Wildman–Crippen LogP) is 3.96. The molecule has 0 spiro atoms. The minimum absolute atomic E-state index is 0.0407. The van der Waals surface area contributed by atoms with Crippen molar-refractivity contribution in [3.8, 4) is 11.3 Å². The van der Waals surface area contributed by atoms with Gasteiger partial charge < -0.3 is 9.73 Å². The molecule has 0 bridgehead atoms. The van der Waals surface area contributed by atoms with E-state index in [4.69, 9.17) is 8.60 Å². The summed E-state index contributed by atoms with van der Waals surface area (Å²) in [5, 5.41) is 3.70. The molecule has 1 heterocycles.